The first kappa shape index (κ1) is 19.0. The summed E-state index contributed by atoms with van der Waals surface area (Å²) in [5, 5.41) is 3.99. The molecule has 1 aliphatic rings. The van der Waals surface area contributed by atoms with Gasteiger partial charge in [0, 0.05) is 19.2 Å². The second-order valence-corrected chi connectivity index (χ2v) is 6.80. The third-order valence-electron chi connectivity index (χ3n) is 4.69. The summed E-state index contributed by atoms with van der Waals surface area (Å²) >= 11 is 0. The van der Waals surface area contributed by atoms with Gasteiger partial charge in [0.2, 0.25) is 5.89 Å². The molecule has 1 aliphatic heterocycles. The number of aromatic nitrogens is 4. The Morgan fingerprint density at radius 2 is 2.10 bits per heavy atom. The number of hydrogen-bond acceptors (Lipinski definition) is 7. The fourth-order valence-corrected chi connectivity index (χ4v) is 3.21. The second-order valence-electron chi connectivity index (χ2n) is 6.80. The molecule has 8 nitrogen and oxygen atoms in total. The van der Waals surface area contributed by atoms with Gasteiger partial charge in [0.1, 0.15) is 23.3 Å². The molecule has 150 valence electrons. The fraction of sp³-hybridized carbons (Fsp3) is 0.350. The number of likely N-dealkylation sites (tertiary alicyclic amines) is 1. The van der Waals surface area contributed by atoms with Crippen LogP contribution in [0.4, 0.5) is 4.39 Å². The van der Waals surface area contributed by atoms with Crippen LogP contribution in [0.5, 0.6) is 5.75 Å². The molecular formula is C20H20FN5O3. The van der Waals surface area contributed by atoms with E-state index in [4.69, 9.17) is 9.26 Å². The number of halogens is 1. The summed E-state index contributed by atoms with van der Waals surface area (Å²) in [7, 11) is 0. The normalized spacial score (nSPS) is 16.2. The SMILES string of the molecule is Cc1cnc(C(=O)N2CCCC2c2nc(CCOc3ccc(F)cc3)no2)cn1. The van der Waals surface area contributed by atoms with E-state index in [1.807, 2.05) is 6.92 Å². The molecule has 3 heterocycles. The van der Waals surface area contributed by atoms with Crippen molar-refractivity contribution in [2.24, 2.45) is 0 Å². The summed E-state index contributed by atoms with van der Waals surface area (Å²) in [4.78, 5) is 27.2. The number of aryl methyl sites for hydroxylation is 1. The molecule has 0 N–H and O–H groups in total. The lowest BCUT2D eigenvalue weighted by atomic mass is 10.2. The first-order valence-electron chi connectivity index (χ1n) is 9.40. The molecule has 2 aromatic heterocycles. The topological polar surface area (TPSA) is 94.2 Å². The molecule has 3 aromatic rings. The molecule has 0 bridgehead atoms. The van der Waals surface area contributed by atoms with Crippen LogP contribution in [-0.4, -0.2) is 44.1 Å². The molecule has 1 saturated heterocycles. The maximum absolute atomic E-state index is 12.9. The van der Waals surface area contributed by atoms with Crippen LogP contribution in [0.15, 0.2) is 41.2 Å². The Labute approximate surface area is 166 Å². The highest BCUT2D eigenvalue weighted by atomic mass is 19.1. The molecule has 0 radical (unpaired) electrons. The smallest absolute Gasteiger partial charge is 0.274 e. The zero-order chi connectivity index (χ0) is 20.2. The number of benzene rings is 1. The molecule has 1 fully saturated rings. The van der Waals surface area contributed by atoms with Crippen LogP contribution in [0.25, 0.3) is 0 Å². The van der Waals surface area contributed by atoms with Crippen LogP contribution in [0, 0.1) is 12.7 Å². The number of carbonyl (C=O) groups is 1. The Morgan fingerprint density at radius 3 is 2.86 bits per heavy atom. The fourth-order valence-electron chi connectivity index (χ4n) is 3.21. The molecule has 0 saturated carbocycles. The van der Waals surface area contributed by atoms with Crippen molar-refractivity contribution in [2.45, 2.75) is 32.2 Å². The molecule has 1 aromatic carbocycles. The van der Waals surface area contributed by atoms with E-state index < -0.39 is 0 Å². The number of amides is 1. The highest BCUT2D eigenvalue weighted by molar-refractivity contribution is 5.92. The standard InChI is InChI=1S/C20H20FN5O3/c1-13-11-23-16(12-22-13)20(27)26-9-2-3-17(26)19-24-18(25-29-19)8-10-28-15-6-4-14(21)5-7-15/h4-7,11-12,17H,2-3,8-10H2,1H3. The summed E-state index contributed by atoms with van der Waals surface area (Å²) in [6, 6.07) is 5.53. The first-order chi connectivity index (χ1) is 14.1. The van der Waals surface area contributed by atoms with Crippen molar-refractivity contribution in [2.75, 3.05) is 13.2 Å². The molecule has 0 aliphatic carbocycles. The van der Waals surface area contributed by atoms with Gasteiger partial charge in [-0.05, 0) is 44.0 Å². The minimum atomic E-state index is -0.313. The molecule has 4 rings (SSSR count). The minimum Gasteiger partial charge on any atom is -0.493 e. The van der Waals surface area contributed by atoms with E-state index in [-0.39, 0.29) is 17.8 Å². The second kappa shape index (κ2) is 8.34. The highest BCUT2D eigenvalue weighted by Crippen LogP contribution is 2.32. The van der Waals surface area contributed by atoms with E-state index >= 15 is 0 Å². The van der Waals surface area contributed by atoms with Crippen molar-refractivity contribution < 1.29 is 18.4 Å². The maximum atomic E-state index is 12.9. The van der Waals surface area contributed by atoms with Gasteiger partial charge in [-0.15, -0.1) is 0 Å². The third-order valence-corrected chi connectivity index (χ3v) is 4.69. The van der Waals surface area contributed by atoms with Gasteiger partial charge in [-0.1, -0.05) is 5.16 Å². The minimum absolute atomic E-state index is 0.195. The Hall–Kier alpha value is -3.36. The largest absolute Gasteiger partial charge is 0.493 e. The zero-order valence-corrected chi connectivity index (χ0v) is 15.9. The highest BCUT2D eigenvalue weighted by Gasteiger charge is 2.35. The zero-order valence-electron chi connectivity index (χ0n) is 15.9. The van der Waals surface area contributed by atoms with Gasteiger partial charge in [-0.2, -0.15) is 4.98 Å². The number of carbonyl (C=O) groups excluding carboxylic acids is 1. The number of rotatable bonds is 6. The van der Waals surface area contributed by atoms with Crippen LogP contribution in [0.1, 0.15) is 46.8 Å². The van der Waals surface area contributed by atoms with Gasteiger partial charge in [-0.3, -0.25) is 9.78 Å². The van der Waals surface area contributed by atoms with Crippen molar-refractivity contribution in [3.05, 3.63) is 65.6 Å². The van der Waals surface area contributed by atoms with Crippen molar-refractivity contribution in [3.63, 3.8) is 0 Å². The summed E-state index contributed by atoms with van der Waals surface area (Å²) in [5.74, 6) is 0.970. The molecule has 1 amide bonds. The van der Waals surface area contributed by atoms with Crippen molar-refractivity contribution in [1.29, 1.82) is 0 Å². The quantitative estimate of drug-likeness (QED) is 0.631. The molecule has 0 spiro atoms. The summed E-state index contributed by atoms with van der Waals surface area (Å²) in [5.41, 5.74) is 1.05. The Morgan fingerprint density at radius 1 is 1.28 bits per heavy atom. The summed E-state index contributed by atoms with van der Waals surface area (Å²) < 4.78 is 23.9. The first-order valence-corrected chi connectivity index (χ1v) is 9.40. The van der Waals surface area contributed by atoms with E-state index in [0.717, 1.165) is 18.5 Å². The van der Waals surface area contributed by atoms with E-state index in [9.17, 15) is 9.18 Å². The number of ether oxygens (including phenoxy) is 1. The van der Waals surface area contributed by atoms with E-state index in [2.05, 4.69) is 20.1 Å². The predicted octanol–water partition coefficient (Wildman–Crippen LogP) is 2.91. The van der Waals surface area contributed by atoms with Crippen LogP contribution < -0.4 is 4.74 Å². The van der Waals surface area contributed by atoms with Gasteiger partial charge < -0.3 is 14.2 Å². The van der Waals surface area contributed by atoms with Crippen LogP contribution in [0.2, 0.25) is 0 Å². The average Bonchev–Trinajstić information content (AvgIpc) is 3.39. The van der Waals surface area contributed by atoms with Crippen LogP contribution in [-0.2, 0) is 6.42 Å². The molecule has 1 atom stereocenters. The van der Waals surface area contributed by atoms with Gasteiger partial charge in [0.25, 0.3) is 5.91 Å². The Bertz CT molecular complexity index is 975. The van der Waals surface area contributed by atoms with Crippen LogP contribution in [0.3, 0.4) is 0 Å². The van der Waals surface area contributed by atoms with Crippen molar-refractivity contribution in [1.82, 2.24) is 25.0 Å². The Balaban J connectivity index is 1.38. The van der Waals surface area contributed by atoms with Crippen molar-refractivity contribution in [3.8, 4) is 5.75 Å². The molecule has 9 heteroatoms. The summed E-state index contributed by atoms with van der Waals surface area (Å²) in [6.07, 6.45) is 5.09. The van der Waals surface area contributed by atoms with Gasteiger partial charge in [0.05, 0.1) is 18.5 Å². The average molecular weight is 397 g/mol. The monoisotopic (exact) mass is 397 g/mol. The summed E-state index contributed by atoms with van der Waals surface area (Å²) in [6.45, 7) is 2.75. The number of hydrogen-bond donors (Lipinski definition) is 0. The lowest BCUT2D eigenvalue weighted by Crippen LogP contribution is -2.31. The third kappa shape index (κ3) is 4.39. The van der Waals surface area contributed by atoms with Gasteiger partial charge in [0.15, 0.2) is 5.82 Å². The predicted molar refractivity (Wildman–Crippen MR) is 99.7 cm³/mol. The lowest BCUT2D eigenvalue weighted by molar-refractivity contribution is 0.0703. The molecule has 29 heavy (non-hydrogen) atoms. The molecular weight excluding hydrogens is 377 g/mol. The van der Waals surface area contributed by atoms with E-state index in [1.165, 1.54) is 18.3 Å². The lowest BCUT2D eigenvalue weighted by Gasteiger charge is -2.21. The van der Waals surface area contributed by atoms with Crippen LogP contribution >= 0.6 is 0 Å². The van der Waals surface area contributed by atoms with Gasteiger partial charge in [-0.25, -0.2) is 9.37 Å². The number of nitrogens with zero attached hydrogens (tertiary/aromatic N) is 5. The van der Waals surface area contributed by atoms with Gasteiger partial charge >= 0.3 is 0 Å². The van der Waals surface area contributed by atoms with E-state index in [0.29, 0.717) is 42.7 Å². The maximum Gasteiger partial charge on any atom is 0.274 e. The van der Waals surface area contributed by atoms with E-state index in [1.54, 1.807) is 23.2 Å². The Kier molecular flexibility index (Phi) is 5.46. The molecule has 1 unspecified atom stereocenters. The van der Waals surface area contributed by atoms with Crippen molar-refractivity contribution >= 4 is 5.91 Å².